The van der Waals surface area contributed by atoms with E-state index in [4.69, 9.17) is 14.0 Å². The van der Waals surface area contributed by atoms with Crippen LogP contribution in [-0.2, 0) is 25.6 Å². The minimum absolute atomic E-state index is 0.139. The first-order valence-electron chi connectivity index (χ1n) is 9.23. The molecule has 2 saturated heterocycles. The molecule has 2 aliphatic rings. The predicted octanol–water partition coefficient (Wildman–Crippen LogP) is 2.55. The minimum Gasteiger partial charge on any atom is -0.419 e. The molecule has 1 aromatic heterocycles. The lowest BCUT2D eigenvalue weighted by Crippen LogP contribution is -2.41. The molecule has 2 aromatic rings. The third-order valence-electron chi connectivity index (χ3n) is 4.62. The lowest BCUT2D eigenvalue weighted by molar-refractivity contribution is -0.222. The molecule has 3 heterocycles. The highest BCUT2D eigenvalue weighted by atomic mass is 16.7. The maximum absolute atomic E-state index is 12.0. The van der Waals surface area contributed by atoms with Crippen LogP contribution in [0.5, 0.6) is 0 Å². The quantitative estimate of drug-likeness (QED) is 0.452. The zero-order valence-corrected chi connectivity index (χ0v) is 15.8. The number of carbonyl (C=O) groups is 2. The molecule has 8 nitrogen and oxygen atoms in total. The van der Waals surface area contributed by atoms with Crippen LogP contribution in [0.15, 0.2) is 34.4 Å². The van der Waals surface area contributed by atoms with Crippen LogP contribution in [0.25, 0.3) is 17.5 Å². The van der Waals surface area contributed by atoms with Crippen molar-refractivity contribution in [2.75, 3.05) is 13.1 Å². The Morgan fingerprint density at radius 1 is 1.07 bits per heavy atom. The summed E-state index contributed by atoms with van der Waals surface area (Å²) in [4.78, 5) is 30.8. The number of ether oxygens (including phenoxy) is 2. The summed E-state index contributed by atoms with van der Waals surface area (Å²) in [6, 6.07) is 7.14. The van der Waals surface area contributed by atoms with Gasteiger partial charge in [-0.25, -0.2) is 9.59 Å². The first kappa shape index (κ1) is 18.4. The fraction of sp³-hybridized carbons (Fsp3) is 0.400. The number of nitrogens with zero attached hydrogens (tertiary/aromatic N) is 3. The van der Waals surface area contributed by atoms with Gasteiger partial charge in [0.1, 0.15) is 5.57 Å². The van der Waals surface area contributed by atoms with E-state index in [0.29, 0.717) is 23.8 Å². The van der Waals surface area contributed by atoms with Crippen LogP contribution < -0.4 is 0 Å². The number of cyclic esters (lactones) is 2. The van der Waals surface area contributed by atoms with E-state index in [1.54, 1.807) is 24.3 Å². The normalized spacial score (nSPS) is 19.4. The maximum Gasteiger partial charge on any atom is 0.348 e. The van der Waals surface area contributed by atoms with E-state index in [2.05, 4.69) is 15.0 Å². The zero-order valence-electron chi connectivity index (χ0n) is 15.8. The Labute approximate surface area is 162 Å². The number of carbonyl (C=O) groups excluding carboxylic acids is 2. The maximum atomic E-state index is 12.0. The fourth-order valence-corrected chi connectivity index (χ4v) is 3.24. The Bertz CT molecular complexity index is 902. The summed E-state index contributed by atoms with van der Waals surface area (Å²) < 4.78 is 15.5. The average molecular weight is 383 g/mol. The van der Waals surface area contributed by atoms with Crippen molar-refractivity contribution in [2.24, 2.45) is 0 Å². The summed E-state index contributed by atoms with van der Waals surface area (Å²) in [5.41, 5.74) is 1.31. The van der Waals surface area contributed by atoms with Crippen molar-refractivity contribution >= 4 is 18.0 Å². The van der Waals surface area contributed by atoms with Gasteiger partial charge in [0.15, 0.2) is 0 Å². The van der Waals surface area contributed by atoms with Crippen LogP contribution in [0.4, 0.5) is 0 Å². The van der Waals surface area contributed by atoms with Gasteiger partial charge in [-0.3, -0.25) is 4.90 Å². The van der Waals surface area contributed by atoms with Crippen molar-refractivity contribution in [1.29, 1.82) is 0 Å². The smallest absolute Gasteiger partial charge is 0.348 e. The standard InChI is InChI=1S/C20H21N3O5/c1-20(2)26-18(24)15(19(25)27-20)11-13-5-7-14(8-6-13)17-21-16(28-22-17)12-23-9-3-4-10-23/h5-8,11H,3-4,9-10,12H2,1-2H3. The van der Waals surface area contributed by atoms with Crippen molar-refractivity contribution in [3.63, 3.8) is 0 Å². The lowest BCUT2D eigenvalue weighted by atomic mass is 10.1. The summed E-state index contributed by atoms with van der Waals surface area (Å²) in [5.74, 6) is -1.55. The van der Waals surface area contributed by atoms with E-state index < -0.39 is 17.7 Å². The van der Waals surface area contributed by atoms with Gasteiger partial charge in [-0.1, -0.05) is 29.4 Å². The Hall–Kier alpha value is -3.00. The monoisotopic (exact) mass is 383 g/mol. The number of esters is 2. The number of rotatable bonds is 4. The van der Waals surface area contributed by atoms with Crippen LogP contribution >= 0.6 is 0 Å². The van der Waals surface area contributed by atoms with Crippen LogP contribution in [-0.4, -0.2) is 45.9 Å². The highest BCUT2D eigenvalue weighted by Crippen LogP contribution is 2.25. The first-order chi connectivity index (χ1) is 13.4. The van der Waals surface area contributed by atoms with Gasteiger partial charge < -0.3 is 14.0 Å². The van der Waals surface area contributed by atoms with E-state index in [9.17, 15) is 9.59 Å². The second-order valence-electron chi connectivity index (χ2n) is 7.35. The summed E-state index contributed by atoms with van der Waals surface area (Å²) in [5, 5.41) is 4.04. The number of aromatic nitrogens is 2. The second kappa shape index (κ2) is 7.20. The molecule has 1 aromatic carbocycles. The largest absolute Gasteiger partial charge is 0.419 e. The molecule has 2 fully saturated rings. The van der Waals surface area contributed by atoms with E-state index in [-0.39, 0.29) is 5.57 Å². The fourth-order valence-electron chi connectivity index (χ4n) is 3.24. The molecule has 2 aliphatic heterocycles. The molecule has 0 radical (unpaired) electrons. The van der Waals surface area contributed by atoms with Crippen LogP contribution in [0, 0.1) is 0 Å². The van der Waals surface area contributed by atoms with Gasteiger partial charge in [-0.05, 0) is 37.6 Å². The number of hydrogen-bond acceptors (Lipinski definition) is 8. The predicted molar refractivity (Wildman–Crippen MR) is 98.5 cm³/mol. The summed E-state index contributed by atoms with van der Waals surface area (Å²) in [6.45, 7) is 5.80. The zero-order chi connectivity index (χ0) is 19.7. The molecule has 28 heavy (non-hydrogen) atoms. The summed E-state index contributed by atoms with van der Waals surface area (Å²) >= 11 is 0. The molecule has 0 saturated carbocycles. The molecule has 0 aliphatic carbocycles. The molecule has 0 N–H and O–H groups in total. The topological polar surface area (TPSA) is 94.8 Å². The van der Waals surface area contributed by atoms with Crippen molar-refractivity contribution in [3.05, 3.63) is 41.3 Å². The third-order valence-corrected chi connectivity index (χ3v) is 4.62. The third kappa shape index (κ3) is 3.96. The highest BCUT2D eigenvalue weighted by molar-refractivity contribution is 6.18. The molecular formula is C20H21N3O5. The van der Waals surface area contributed by atoms with E-state index in [1.165, 1.54) is 32.8 Å². The van der Waals surface area contributed by atoms with Crippen molar-refractivity contribution in [1.82, 2.24) is 15.0 Å². The summed E-state index contributed by atoms with van der Waals surface area (Å²) in [7, 11) is 0. The van der Waals surface area contributed by atoms with E-state index in [0.717, 1.165) is 18.7 Å². The SMILES string of the molecule is CC1(C)OC(=O)C(=Cc2ccc(-c3noc(CN4CCCC4)n3)cc2)C(=O)O1. The molecule has 0 unspecified atom stereocenters. The number of hydrogen-bond donors (Lipinski definition) is 0. The van der Waals surface area contributed by atoms with Gasteiger partial charge in [0, 0.05) is 19.4 Å². The lowest BCUT2D eigenvalue weighted by Gasteiger charge is -2.29. The van der Waals surface area contributed by atoms with Crippen LogP contribution in [0.3, 0.4) is 0 Å². The molecule has 4 rings (SSSR count). The van der Waals surface area contributed by atoms with Gasteiger partial charge in [0.2, 0.25) is 11.7 Å². The Morgan fingerprint density at radius 3 is 2.36 bits per heavy atom. The first-order valence-corrected chi connectivity index (χ1v) is 9.23. The van der Waals surface area contributed by atoms with E-state index in [1.807, 2.05) is 0 Å². The Kier molecular flexibility index (Phi) is 4.72. The number of benzene rings is 1. The molecule has 0 spiro atoms. The van der Waals surface area contributed by atoms with Crippen molar-refractivity contribution in [3.8, 4) is 11.4 Å². The van der Waals surface area contributed by atoms with E-state index >= 15 is 0 Å². The van der Waals surface area contributed by atoms with Gasteiger partial charge in [0.05, 0.1) is 6.54 Å². The number of likely N-dealkylation sites (tertiary alicyclic amines) is 1. The van der Waals surface area contributed by atoms with Crippen molar-refractivity contribution in [2.45, 2.75) is 39.0 Å². The van der Waals surface area contributed by atoms with Gasteiger partial charge in [-0.2, -0.15) is 4.98 Å². The van der Waals surface area contributed by atoms with Gasteiger partial charge in [-0.15, -0.1) is 0 Å². The van der Waals surface area contributed by atoms with Crippen LogP contribution in [0.2, 0.25) is 0 Å². The molecule has 0 bridgehead atoms. The Morgan fingerprint density at radius 2 is 1.71 bits per heavy atom. The molecular weight excluding hydrogens is 362 g/mol. The molecule has 8 heteroatoms. The molecule has 146 valence electrons. The van der Waals surface area contributed by atoms with Gasteiger partial charge >= 0.3 is 11.9 Å². The summed E-state index contributed by atoms with van der Waals surface area (Å²) in [6.07, 6.45) is 3.85. The molecule has 0 atom stereocenters. The minimum atomic E-state index is -1.25. The molecule has 0 amide bonds. The van der Waals surface area contributed by atoms with Gasteiger partial charge in [0.25, 0.3) is 5.79 Å². The second-order valence-corrected chi connectivity index (χ2v) is 7.35. The Balaban J connectivity index is 1.48. The highest BCUT2D eigenvalue weighted by Gasteiger charge is 2.38. The van der Waals surface area contributed by atoms with Crippen LogP contribution in [0.1, 0.15) is 38.1 Å². The van der Waals surface area contributed by atoms with Crippen molar-refractivity contribution < 1.29 is 23.6 Å². The average Bonchev–Trinajstić information content (AvgIpc) is 3.30.